The molecule has 1 N–H and O–H groups in total. The fourth-order valence-corrected chi connectivity index (χ4v) is 2.44. The minimum absolute atomic E-state index is 0.0859. The minimum atomic E-state index is 0.0859. The van der Waals surface area contributed by atoms with Crippen LogP contribution in [-0.4, -0.2) is 27.8 Å². The van der Waals surface area contributed by atoms with Crippen molar-refractivity contribution in [3.8, 4) is 0 Å². The highest BCUT2D eigenvalue weighted by Gasteiger charge is 2.12. The predicted molar refractivity (Wildman–Crippen MR) is 82.7 cm³/mol. The standard InChI is InChI=1S/C17H17N3O/c1-20(12-16-18-9-10-19-16)17(21)11-14-7-4-6-13-5-2-3-8-15(13)14/h2-10H,11-12H2,1H3,(H,18,19). The van der Waals surface area contributed by atoms with Crippen molar-refractivity contribution in [1.82, 2.24) is 14.9 Å². The highest BCUT2D eigenvalue weighted by Crippen LogP contribution is 2.19. The van der Waals surface area contributed by atoms with Crippen LogP contribution in [0.4, 0.5) is 0 Å². The number of aromatic amines is 1. The molecule has 4 nitrogen and oxygen atoms in total. The summed E-state index contributed by atoms with van der Waals surface area (Å²) in [6.07, 6.45) is 3.86. The molecular weight excluding hydrogens is 262 g/mol. The molecule has 1 aromatic heterocycles. The van der Waals surface area contributed by atoms with E-state index in [2.05, 4.69) is 28.2 Å². The van der Waals surface area contributed by atoms with Crippen molar-refractivity contribution in [3.63, 3.8) is 0 Å². The van der Waals surface area contributed by atoms with Gasteiger partial charge in [0, 0.05) is 19.4 Å². The third-order valence-corrected chi connectivity index (χ3v) is 3.59. The molecule has 0 unspecified atom stereocenters. The number of hydrogen-bond donors (Lipinski definition) is 1. The highest BCUT2D eigenvalue weighted by atomic mass is 16.2. The van der Waals surface area contributed by atoms with Gasteiger partial charge in [0.15, 0.2) is 0 Å². The van der Waals surface area contributed by atoms with Crippen molar-refractivity contribution in [2.45, 2.75) is 13.0 Å². The summed E-state index contributed by atoms with van der Waals surface area (Å²) in [5.41, 5.74) is 1.06. The largest absolute Gasteiger partial charge is 0.347 e. The lowest BCUT2D eigenvalue weighted by Crippen LogP contribution is -2.28. The van der Waals surface area contributed by atoms with E-state index in [0.29, 0.717) is 13.0 Å². The Morgan fingerprint density at radius 1 is 1.19 bits per heavy atom. The van der Waals surface area contributed by atoms with E-state index in [1.54, 1.807) is 24.3 Å². The van der Waals surface area contributed by atoms with Crippen LogP contribution in [0.1, 0.15) is 11.4 Å². The number of rotatable bonds is 4. The molecule has 3 rings (SSSR count). The molecule has 0 radical (unpaired) electrons. The van der Waals surface area contributed by atoms with E-state index in [4.69, 9.17) is 0 Å². The van der Waals surface area contributed by atoms with Crippen molar-refractivity contribution >= 4 is 16.7 Å². The number of H-pyrrole nitrogens is 1. The van der Waals surface area contributed by atoms with Gasteiger partial charge in [0.1, 0.15) is 5.82 Å². The van der Waals surface area contributed by atoms with Crippen LogP contribution < -0.4 is 0 Å². The van der Waals surface area contributed by atoms with Gasteiger partial charge in [0.25, 0.3) is 0 Å². The second-order valence-corrected chi connectivity index (χ2v) is 5.10. The number of hydrogen-bond acceptors (Lipinski definition) is 2. The molecule has 1 amide bonds. The topological polar surface area (TPSA) is 49.0 Å². The van der Waals surface area contributed by atoms with Crippen LogP contribution in [-0.2, 0) is 17.8 Å². The second kappa shape index (κ2) is 5.79. The van der Waals surface area contributed by atoms with Gasteiger partial charge in [-0.1, -0.05) is 42.5 Å². The zero-order valence-electron chi connectivity index (χ0n) is 11.9. The quantitative estimate of drug-likeness (QED) is 0.798. The molecule has 4 heteroatoms. The first-order chi connectivity index (χ1) is 10.2. The van der Waals surface area contributed by atoms with Gasteiger partial charge < -0.3 is 9.88 Å². The Bertz CT molecular complexity index is 744. The van der Waals surface area contributed by atoms with Crippen LogP contribution >= 0.6 is 0 Å². The molecule has 0 aliphatic carbocycles. The molecule has 0 fully saturated rings. The van der Waals surface area contributed by atoms with Crippen LogP contribution in [0.25, 0.3) is 10.8 Å². The van der Waals surface area contributed by atoms with Gasteiger partial charge in [-0.25, -0.2) is 4.98 Å². The molecular formula is C17H17N3O. The number of likely N-dealkylation sites (N-methyl/N-ethyl adjacent to an activating group) is 1. The van der Waals surface area contributed by atoms with Gasteiger partial charge in [0.2, 0.25) is 5.91 Å². The van der Waals surface area contributed by atoms with Crippen molar-refractivity contribution in [2.24, 2.45) is 0 Å². The average Bonchev–Trinajstić information content (AvgIpc) is 3.00. The van der Waals surface area contributed by atoms with Gasteiger partial charge in [-0.3, -0.25) is 4.79 Å². The monoisotopic (exact) mass is 279 g/mol. The fraction of sp³-hybridized carbons (Fsp3) is 0.176. The second-order valence-electron chi connectivity index (χ2n) is 5.10. The molecule has 106 valence electrons. The van der Waals surface area contributed by atoms with E-state index < -0.39 is 0 Å². The minimum Gasteiger partial charge on any atom is -0.347 e. The van der Waals surface area contributed by atoms with Crippen molar-refractivity contribution in [1.29, 1.82) is 0 Å². The molecule has 0 saturated carbocycles. The average molecular weight is 279 g/mol. The molecule has 0 atom stereocenters. The Hall–Kier alpha value is -2.62. The van der Waals surface area contributed by atoms with Gasteiger partial charge in [-0.15, -0.1) is 0 Å². The third-order valence-electron chi connectivity index (χ3n) is 3.59. The predicted octanol–water partition coefficient (Wildman–Crippen LogP) is 2.76. The summed E-state index contributed by atoms with van der Waals surface area (Å²) < 4.78 is 0. The fourth-order valence-electron chi connectivity index (χ4n) is 2.44. The van der Waals surface area contributed by atoms with Gasteiger partial charge in [-0.05, 0) is 16.3 Å². The number of nitrogens with one attached hydrogen (secondary N) is 1. The summed E-state index contributed by atoms with van der Waals surface area (Å²) in [5.74, 6) is 0.881. The summed E-state index contributed by atoms with van der Waals surface area (Å²) in [6.45, 7) is 0.497. The first-order valence-corrected chi connectivity index (χ1v) is 6.93. The number of amides is 1. The highest BCUT2D eigenvalue weighted by molar-refractivity contribution is 5.90. The van der Waals surface area contributed by atoms with Crippen LogP contribution in [0.2, 0.25) is 0 Å². The van der Waals surface area contributed by atoms with Gasteiger partial charge in [0.05, 0.1) is 13.0 Å². The lowest BCUT2D eigenvalue weighted by molar-refractivity contribution is -0.129. The van der Waals surface area contributed by atoms with Crippen LogP contribution in [0, 0.1) is 0 Å². The summed E-state index contributed by atoms with van der Waals surface area (Å²) in [6, 6.07) is 14.2. The number of carbonyl (C=O) groups excluding carboxylic acids is 1. The van der Waals surface area contributed by atoms with E-state index in [9.17, 15) is 4.79 Å². The zero-order chi connectivity index (χ0) is 14.7. The van der Waals surface area contributed by atoms with E-state index in [1.807, 2.05) is 24.3 Å². The Morgan fingerprint density at radius 3 is 2.81 bits per heavy atom. The van der Waals surface area contributed by atoms with Gasteiger partial charge >= 0.3 is 0 Å². The molecule has 0 spiro atoms. The Kier molecular flexibility index (Phi) is 3.69. The normalized spacial score (nSPS) is 10.7. The first-order valence-electron chi connectivity index (χ1n) is 6.93. The number of fused-ring (bicyclic) bond motifs is 1. The molecule has 0 saturated heterocycles. The lowest BCUT2D eigenvalue weighted by atomic mass is 10.0. The smallest absolute Gasteiger partial charge is 0.227 e. The Labute approximate surface area is 123 Å². The molecule has 3 aromatic rings. The van der Waals surface area contributed by atoms with Crippen molar-refractivity contribution < 1.29 is 4.79 Å². The summed E-state index contributed by atoms with van der Waals surface area (Å²) >= 11 is 0. The lowest BCUT2D eigenvalue weighted by Gasteiger charge is -2.16. The van der Waals surface area contributed by atoms with Crippen molar-refractivity contribution in [2.75, 3.05) is 7.05 Å². The summed E-state index contributed by atoms with van der Waals surface area (Å²) in [5, 5.41) is 2.30. The first kappa shape index (κ1) is 13.4. The zero-order valence-corrected chi connectivity index (χ0v) is 11.9. The van der Waals surface area contributed by atoms with E-state index in [-0.39, 0.29) is 5.91 Å². The number of aromatic nitrogens is 2. The number of benzene rings is 2. The molecule has 0 aliphatic rings. The molecule has 0 bridgehead atoms. The van der Waals surface area contributed by atoms with Crippen LogP contribution in [0.15, 0.2) is 54.9 Å². The Balaban J connectivity index is 1.77. The molecule has 21 heavy (non-hydrogen) atoms. The van der Waals surface area contributed by atoms with E-state index >= 15 is 0 Å². The molecule has 2 aromatic carbocycles. The van der Waals surface area contributed by atoms with Crippen LogP contribution in [0.5, 0.6) is 0 Å². The summed E-state index contributed by atoms with van der Waals surface area (Å²) in [7, 11) is 1.80. The maximum atomic E-state index is 12.4. The third kappa shape index (κ3) is 2.94. The van der Waals surface area contributed by atoms with Crippen molar-refractivity contribution in [3.05, 3.63) is 66.2 Å². The number of imidazole rings is 1. The molecule has 1 heterocycles. The van der Waals surface area contributed by atoms with Gasteiger partial charge in [-0.2, -0.15) is 0 Å². The maximum Gasteiger partial charge on any atom is 0.227 e. The SMILES string of the molecule is CN(Cc1ncc[nH]1)C(=O)Cc1cccc2ccccc12. The number of nitrogens with zero attached hydrogens (tertiary/aromatic N) is 2. The number of carbonyl (C=O) groups is 1. The van der Waals surface area contributed by atoms with Crippen LogP contribution in [0.3, 0.4) is 0 Å². The Morgan fingerprint density at radius 2 is 2.00 bits per heavy atom. The molecule has 0 aliphatic heterocycles. The summed E-state index contributed by atoms with van der Waals surface area (Å²) in [4.78, 5) is 21.2. The van der Waals surface area contributed by atoms with E-state index in [1.165, 1.54) is 0 Å². The van der Waals surface area contributed by atoms with E-state index in [0.717, 1.165) is 22.2 Å². The maximum absolute atomic E-state index is 12.4.